The van der Waals surface area contributed by atoms with E-state index >= 15 is 0 Å². The summed E-state index contributed by atoms with van der Waals surface area (Å²) in [6.45, 7) is 0. The molecule has 1 aromatic rings. The van der Waals surface area contributed by atoms with Crippen LogP contribution >= 0.6 is 0 Å². The van der Waals surface area contributed by atoms with Crippen molar-refractivity contribution in [3.63, 3.8) is 0 Å². The summed E-state index contributed by atoms with van der Waals surface area (Å²) in [5, 5.41) is 22.9. The molecule has 1 fully saturated rings. The molecule has 0 spiro atoms. The summed E-state index contributed by atoms with van der Waals surface area (Å²) in [6, 6.07) is 3.75. The molecule has 4 N–H and O–H groups in total. The summed E-state index contributed by atoms with van der Waals surface area (Å²) >= 11 is 0. The number of amides is 1. The molecule has 7 heteroatoms. The number of hydrogen-bond acceptors (Lipinski definition) is 5. The zero-order valence-electron chi connectivity index (χ0n) is 10.9. The highest BCUT2D eigenvalue weighted by atomic mass is 16.6. The van der Waals surface area contributed by atoms with E-state index in [0.29, 0.717) is 0 Å². The van der Waals surface area contributed by atoms with Crippen LogP contribution in [0.25, 0.3) is 0 Å². The third-order valence-corrected chi connectivity index (χ3v) is 3.59. The largest absolute Gasteiger partial charge is 0.506 e. The Morgan fingerprint density at radius 3 is 2.55 bits per heavy atom. The van der Waals surface area contributed by atoms with Crippen molar-refractivity contribution in [3.8, 4) is 5.75 Å². The summed E-state index contributed by atoms with van der Waals surface area (Å²) < 4.78 is 0. The van der Waals surface area contributed by atoms with Crippen molar-refractivity contribution in [2.75, 3.05) is 5.32 Å². The minimum Gasteiger partial charge on any atom is -0.506 e. The van der Waals surface area contributed by atoms with Gasteiger partial charge in [-0.2, -0.15) is 0 Å². The standard InChI is InChI=1S/C13H17N3O4/c14-9-3-1-8(2-4-9)13(18)15-11-6-5-10(16(19)20)7-12(11)17/h5-9,17H,1-4,14H2,(H,15,18). The van der Waals surface area contributed by atoms with Crippen LogP contribution in [0.4, 0.5) is 11.4 Å². The Bertz CT molecular complexity index is 524. The lowest BCUT2D eigenvalue weighted by molar-refractivity contribution is -0.384. The molecule has 1 aromatic carbocycles. The number of carbonyl (C=O) groups is 1. The van der Waals surface area contributed by atoms with Crippen LogP contribution in [-0.4, -0.2) is 22.0 Å². The number of phenolic OH excluding ortho intramolecular Hbond substituents is 1. The van der Waals surface area contributed by atoms with Crippen LogP contribution < -0.4 is 11.1 Å². The van der Waals surface area contributed by atoms with E-state index in [-0.39, 0.29) is 35.0 Å². The Hall–Kier alpha value is -2.15. The quantitative estimate of drug-likeness (QED) is 0.442. The highest BCUT2D eigenvalue weighted by molar-refractivity contribution is 5.94. The molecular weight excluding hydrogens is 262 g/mol. The monoisotopic (exact) mass is 279 g/mol. The fourth-order valence-corrected chi connectivity index (χ4v) is 2.36. The maximum absolute atomic E-state index is 12.0. The van der Waals surface area contributed by atoms with Gasteiger partial charge in [0.1, 0.15) is 5.75 Å². The van der Waals surface area contributed by atoms with E-state index in [1.54, 1.807) is 0 Å². The van der Waals surface area contributed by atoms with Crippen molar-refractivity contribution in [2.24, 2.45) is 11.7 Å². The van der Waals surface area contributed by atoms with Crippen LogP contribution in [0.2, 0.25) is 0 Å². The summed E-state index contributed by atoms with van der Waals surface area (Å²) in [4.78, 5) is 22.0. The van der Waals surface area contributed by atoms with Crippen molar-refractivity contribution >= 4 is 17.3 Å². The number of benzene rings is 1. The molecule has 20 heavy (non-hydrogen) atoms. The van der Waals surface area contributed by atoms with Gasteiger partial charge in [0.25, 0.3) is 5.69 Å². The topological polar surface area (TPSA) is 118 Å². The molecule has 1 aliphatic carbocycles. The van der Waals surface area contributed by atoms with E-state index in [0.717, 1.165) is 31.7 Å². The van der Waals surface area contributed by atoms with Gasteiger partial charge in [-0.3, -0.25) is 14.9 Å². The Balaban J connectivity index is 2.02. The minimum absolute atomic E-state index is 0.121. The van der Waals surface area contributed by atoms with Crippen molar-refractivity contribution < 1.29 is 14.8 Å². The zero-order valence-corrected chi connectivity index (χ0v) is 10.9. The lowest BCUT2D eigenvalue weighted by atomic mass is 9.86. The number of rotatable bonds is 3. The average molecular weight is 279 g/mol. The maximum atomic E-state index is 12.0. The normalized spacial score (nSPS) is 22.2. The van der Waals surface area contributed by atoms with Crippen LogP contribution in [-0.2, 0) is 4.79 Å². The average Bonchev–Trinajstić information content (AvgIpc) is 2.41. The first-order chi connectivity index (χ1) is 9.47. The number of nitro benzene ring substituents is 1. The van der Waals surface area contributed by atoms with Crippen molar-refractivity contribution in [2.45, 2.75) is 31.7 Å². The lowest BCUT2D eigenvalue weighted by Gasteiger charge is -2.25. The number of aromatic hydroxyl groups is 1. The maximum Gasteiger partial charge on any atom is 0.273 e. The van der Waals surface area contributed by atoms with E-state index in [2.05, 4.69) is 5.32 Å². The Kier molecular flexibility index (Phi) is 4.19. The fourth-order valence-electron chi connectivity index (χ4n) is 2.36. The summed E-state index contributed by atoms with van der Waals surface area (Å²) in [7, 11) is 0. The van der Waals surface area contributed by atoms with Crippen LogP contribution in [0.3, 0.4) is 0 Å². The van der Waals surface area contributed by atoms with E-state index in [1.807, 2.05) is 0 Å². The van der Waals surface area contributed by atoms with Gasteiger partial charge in [0, 0.05) is 18.0 Å². The number of nitrogens with two attached hydrogens (primary N) is 1. The molecule has 1 amide bonds. The molecular formula is C13H17N3O4. The van der Waals surface area contributed by atoms with Gasteiger partial charge in [0.05, 0.1) is 16.7 Å². The second kappa shape index (κ2) is 5.87. The van der Waals surface area contributed by atoms with Gasteiger partial charge in [0.15, 0.2) is 0 Å². The Morgan fingerprint density at radius 2 is 2.00 bits per heavy atom. The molecule has 0 heterocycles. The third-order valence-electron chi connectivity index (χ3n) is 3.59. The van der Waals surface area contributed by atoms with Gasteiger partial charge in [-0.1, -0.05) is 0 Å². The minimum atomic E-state index is -0.603. The number of anilines is 1. The highest BCUT2D eigenvalue weighted by Crippen LogP contribution is 2.30. The van der Waals surface area contributed by atoms with Crippen LogP contribution in [0, 0.1) is 16.0 Å². The fraction of sp³-hybridized carbons (Fsp3) is 0.462. The van der Waals surface area contributed by atoms with Crippen LogP contribution in [0.1, 0.15) is 25.7 Å². The zero-order chi connectivity index (χ0) is 14.7. The summed E-state index contributed by atoms with van der Waals surface area (Å²) in [6.07, 6.45) is 3.07. The van der Waals surface area contributed by atoms with Gasteiger partial charge in [-0.15, -0.1) is 0 Å². The van der Waals surface area contributed by atoms with Crippen molar-refractivity contribution in [1.82, 2.24) is 0 Å². The number of nitro groups is 1. The first-order valence-electron chi connectivity index (χ1n) is 6.51. The lowest BCUT2D eigenvalue weighted by Crippen LogP contribution is -2.32. The Morgan fingerprint density at radius 1 is 1.35 bits per heavy atom. The van der Waals surface area contributed by atoms with E-state index < -0.39 is 4.92 Å². The van der Waals surface area contributed by atoms with Crippen molar-refractivity contribution in [1.29, 1.82) is 0 Å². The number of nitrogens with zero attached hydrogens (tertiary/aromatic N) is 1. The van der Waals surface area contributed by atoms with E-state index in [9.17, 15) is 20.0 Å². The van der Waals surface area contributed by atoms with Gasteiger partial charge in [-0.25, -0.2) is 0 Å². The number of hydrogen-bond donors (Lipinski definition) is 3. The molecule has 2 rings (SSSR count). The predicted octanol–water partition coefficient (Wildman–Crippen LogP) is 1.76. The Labute approximate surface area is 115 Å². The smallest absolute Gasteiger partial charge is 0.273 e. The second-order valence-electron chi connectivity index (χ2n) is 5.06. The number of phenols is 1. The molecule has 0 saturated heterocycles. The van der Waals surface area contributed by atoms with Crippen LogP contribution in [0.15, 0.2) is 18.2 Å². The number of nitrogens with one attached hydrogen (secondary N) is 1. The SMILES string of the molecule is NC1CCC(C(=O)Nc2ccc([N+](=O)[O-])cc2O)CC1. The van der Waals surface area contributed by atoms with Crippen LogP contribution in [0.5, 0.6) is 5.75 Å². The summed E-state index contributed by atoms with van der Waals surface area (Å²) in [5.41, 5.74) is 5.76. The third kappa shape index (κ3) is 3.24. The molecule has 0 atom stereocenters. The molecule has 7 nitrogen and oxygen atoms in total. The summed E-state index contributed by atoms with van der Waals surface area (Å²) in [5.74, 6) is -0.606. The predicted molar refractivity (Wildman–Crippen MR) is 73.3 cm³/mol. The first-order valence-corrected chi connectivity index (χ1v) is 6.51. The van der Waals surface area contributed by atoms with Gasteiger partial charge in [-0.05, 0) is 31.7 Å². The van der Waals surface area contributed by atoms with Crippen molar-refractivity contribution in [3.05, 3.63) is 28.3 Å². The molecule has 0 unspecified atom stereocenters. The van der Waals surface area contributed by atoms with Gasteiger partial charge >= 0.3 is 0 Å². The van der Waals surface area contributed by atoms with Gasteiger partial charge in [0.2, 0.25) is 5.91 Å². The second-order valence-corrected chi connectivity index (χ2v) is 5.06. The first kappa shape index (κ1) is 14.3. The molecule has 1 aliphatic rings. The van der Waals surface area contributed by atoms with Gasteiger partial charge < -0.3 is 16.2 Å². The number of non-ortho nitro benzene ring substituents is 1. The highest BCUT2D eigenvalue weighted by Gasteiger charge is 2.25. The number of carbonyl (C=O) groups excluding carboxylic acids is 1. The molecule has 0 aliphatic heterocycles. The van der Waals surface area contributed by atoms with E-state index in [1.165, 1.54) is 12.1 Å². The van der Waals surface area contributed by atoms with E-state index in [4.69, 9.17) is 5.73 Å². The molecule has 0 aromatic heterocycles. The molecule has 108 valence electrons. The molecule has 0 radical (unpaired) electrons. The molecule has 1 saturated carbocycles. The molecule has 0 bridgehead atoms.